The van der Waals surface area contributed by atoms with Gasteiger partial charge in [-0.1, -0.05) is 0 Å². The zero-order valence-electron chi connectivity index (χ0n) is 9.37. The summed E-state index contributed by atoms with van der Waals surface area (Å²) >= 11 is 5.13. The summed E-state index contributed by atoms with van der Waals surface area (Å²) in [4.78, 5) is 14.5. The second-order valence-electron chi connectivity index (χ2n) is 3.77. The second kappa shape index (κ2) is 6.34. The molecule has 1 amide bonds. The molecule has 6 heteroatoms. The number of amides is 1. The summed E-state index contributed by atoms with van der Waals surface area (Å²) < 4.78 is 1.10. The fourth-order valence-corrected chi connectivity index (χ4v) is 2.83. The predicted molar refractivity (Wildman–Crippen MR) is 69.9 cm³/mol. The molecule has 16 heavy (non-hydrogen) atoms. The molecule has 1 aromatic heterocycles. The number of hydrogen-bond donors (Lipinski definition) is 2. The second-order valence-corrected chi connectivity index (χ2v) is 5.68. The van der Waals surface area contributed by atoms with Crippen LogP contribution in [0.1, 0.15) is 18.2 Å². The molecule has 0 aliphatic carbocycles. The minimum atomic E-state index is -0.133. The molecule has 1 unspecified atom stereocenters. The molecule has 4 nitrogen and oxygen atoms in total. The van der Waals surface area contributed by atoms with E-state index in [4.69, 9.17) is 5.84 Å². The van der Waals surface area contributed by atoms with Gasteiger partial charge in [0.2, 0.25) is 5.91 Å². The van der Waals surface area contributed by atoms with Gasteiger partial charge in [-0.15, -0.1) is 11.3 Å². The molecule has 1 rings (SSSR count). The quantitative estimate of drug-likeness (QED) is 0.495. The van der Waals surface area contributed by atoms with E-state index in [1.807, 2.05) is 14.0 Å². The molecule has 0 saturated carbocycles. The van der Waals surface area contributed by atoms with Crippen molar-refractivity contribution in [1.82, 2.24) is 10.3 Å². The Kier molecular flexibility index (Phi) is 5.40. The average Bonchev–Trinajstić information content (AvgIpc) is 2.63. The van der Waals surface area contributed by atoms with Gasteiger partial charge < -0.3 is 0 Å². The van der Waals surface area contributed by atoms with Crippen LogP contribution in [0.5, 0.6) is 0 Å². The SMILES string of the molecule is CC(CC(=O)NN)N(C)Cc1cc(Br)cs1. The Morgan fingerprint density at radius 2 is 2.44 bits per heavy atom. The highest BCUT2D eigenvalue weighted by Crippen LogP contribution is 2.21. The molecule has 0 spiro atoms. The van der Waals surface area contributed by atoms with Crippen LogP contribution in [-0.2, 0) is 11.3 Å². The lowest BCUT2D eigenvalue weighted by Gasteiger charge is -2.23. The molecule has 0 bridgehead atoms. The van der Waals surface area contributed by atoms with Gasteiger partial charge in [0.25, 0.3) is 0 Å². The van der Waals surface area contributed by atoms with Gasteiger partial charge in [0.1, 0.15) is 0 Å². The maximum absolute atomic E-state index is 11.1. The highest BCUT2D eigenvalue weighted by atomic mass is 79.9. The van der Waals surface area contributed by atoms with Crippen LogP contribution >= 0.6 is 27.3 Å². The lowest BCUT2D eigenvalue weighted by Crippen LogP contribution is -2.37. The highest BCUT2D eigenvalue weighted by molar-refractivity contribution is 9.10. The summed E-state index contributed by atoms with van der Waals surface area (Å²) in [6.45, 7) is 2.85. The number of nitrogens with zero attached hydrogens (tertiary/aromatic N) is 1. The molecule has 90 valence electrons. The molecule has 0 radical (unpaired) electrons. The van der Waals surface area contributed by atoms with E-state index in [9.17, 15) is 4.79 Å². The molecule has 0 aliphatic rings. The van der Waals surface area contributed by atoms with E-state index >= 15 is 0 Å². The smallest absolute Gasteiger partial charge is 0.235 e. The molecule has 1 heterocycles. The van der Waals surface area contributed by atoms with Crippen LogP contribution in [0.4, 0.5) is 0 Å². The van der Waals surface area contributed by atoms with Gasteiger partial charge in [0, 0.05) is 33.7 Å². The summed E-state index contributed by atoms with van der Waals surface area (Å²) in [7, 11) is 2.00. The lowest BCUT2D eigenvalue weighted by molar-refractivity contribution is -0.122. The summed E-state index contributed by atoms with van der Waals surface area (Å²) in [5.74, 6) is 4.92. The third-order valence-electron chi connectivity index (χ3n) is 2.42. The minimum absolute atomic E-state index is 0.133. The number of nitrogens with one attached hydrogen (secondary N) is 1. The predicted octanol–water partition coefficient (Wildman–Crippen LogP) is 1.71. The standard InChI is InChI=1S/C10H16BrN3OS/c1-7(3-10(15)13-12)14(2)5-9-4-8(11)6-16-9/h4,6-7H,3,5,12H2,1-2H3,(H,13,15). The molecule has 1 aromatic rings. The lowest BCUT2D eigenvalue weighted by atomic mass is 10.2. The first kappa shape index (κ1) is 13.6. The van der Waals surface area contributed by atoms with Crippen LogP contribution in [0.3, 0.4) is 0 Å². The van der Waals surface area contributed by atoms with Crippen molar-refractivity contribution in [3.63, 3.8) is 0 Å². The van der Waals surface area contributed by atoms with Crippen molar-refractivity contribution in [2.75, 3.05) is 7.05 Å². The third kappa shape index (κ3) is 4.21. The zero-order valence-corrected chi connectivity index (χ0v) is 11.8. The Balaban J connectivity index is 2.45. The normalized spacial score (nSPS) is 12.8. The number of hydrazine groups is 1. The number of carbonyl (C=O) groups excluding carboxylic acids is 1. The Labute approximate surface area is 108 Å². The fraction of sp³-hybridized carbons (Fsp3) is 0.500. The minimum Gasteiger partial charge on any atom is -0.298 e. The molecular weight excluding hydrogens is 290 g/mol. The maximum Gasteiger partial charge on any atom is 0.235 e. The Morgan fingerprint density at radius 3 is 2.94 bits per heavy atom. The topological polar surface area (TPSA) is 58.4 Å². The van der Waals surface area contributed by atoms with Crippen molar-refractivity contribution < 1.29 is 4.79 Å². The van der Waals surface area contributed by atoms with E-state index < -0.39 is 0 Å². The van der Waals surface area contributed by atoms with E-state index in [2.05, 4.69) is 37.7 Å². The first-order valence-corrected chi connectivity index (χ1v) is 6.62. The van der Waals surface area contributed by atoms with Crippen LogP contribution in [0.25, 0.3) is 0 Å². The van der Waals surface area contributed by atoms with Crippen LogP contribution in [0.2, 0.25) is 0 Å². The summed E-state index contributed by atoms with van der Waals surface area (Å²) in [6.07, 6.45) is 0.416. The van der Waals surface area contributed by atoms with Gasteiger partial charge in [0.15, 0.2) is 0 Å². The maximum atomic E-state index is 11.1. The van der Waals surface area contributed by atoms with Crippen LogP contribution in [-0.4, -0.2) is 23.9 Å². The van der Waals surface area contributed by atoms with Crippen molar-refractivity contribution in [3.05, 3.63) is 20.8 Å². The monoisotopic (exact) mass is 305 g/mol. The van der Waals surface area contributed by atoms with Gasteiger partial charge in [0.05, 0.1) is 0 Å². The number of carbonyl (C=O) groups is 1. The van der Waals surface area contributed by atoms with Gasteiger partial charge in [-0.3, -0.25) is 15.1 Å². The molecule has 0 fully saturated rings. The molecule has 0 saturated heterocycles. The van der Waals surface area contributed by atoms with Crippen molar-refractivity contribution >= 4 is 33.2 Å². The largest absolute Gasteiger partial charge is 0.298 e. The van der Waals surface area contributed by atoms with E-state index in [1.165, 1.54) is 4.88 Å². The van der Waals surface area contributed by atoms with Crippen LogP contribution < -0.4 is 11.3 Å². The Bertz CT molecular complexity index is 356. The van der Waals surface area contributed by atoms with Crippen molar-refractivity contribution in [3.8, 4) is 0 Å². The molecule has 1 atom stereocenters. The zero-order chi connectivity index (χ0) is 12.1. The number of rotatable bonds is 5. The molecule has 0 aromatic carbocycles. The number of hydrogen-bond acceptors (Lipinski definition) is 4. The first-order chi connectivity index (χ1) is 7.52. The summed E-state index contributed by atoms with van der Waals surface area (Å²) in [5.41, 5.74) is 2.15. The van der Waals surface area contributed by atoms with E-state index in [0.717, 1.165) is 11.0 Å². The first-order valence-electron chi connectivity index (χ1n) is 4.95. The Morgan fingerprint density at radius 1 is 1.75 bits per heavy atom. The van der Waals surface area contributed by atoms with Crippen LogP contribution in [0.15, 0.2) is 15.9 Å². The van der Waals surface area contributed by atoms with E-state index in [-0.39, 0.29) is 11.9 Å². The average molecular weight is 306 g/mol. The number of nitrogens with two attached hydrogens (primary N) is 1. The van der Waals surface area contributed by atoms with Gasteiger partial charge in [-0.2, -0.15) is 0 Å². The van der Waals surface area contributed by atoms with Crippen molar-refractivity contribution in [2.24, 2.45) is 5.84 Å². The van der Waals surface area contributed by atoms with Crippen LogP contribution in [0, 0.1) is 0 Å². The van der Waals surface area contributed by atoms with E-state index in [1.54, 1.807) is 11.3 Å². The fourth-order valence-electron chi connectivity index (χ4n) is 1.32. The van der Waals surface area contributed by atoms with Crippen molar-refractivity contribution in [1.29, 1.82) is 0 Å². The number of halogens is 1. The highest BCUT2D eigenvalue weighted by Gasteiger charge is 2.13. The molecular formula is C10H16BrN3OS. The summed E-state index contributed by atoms with van der Waals surface area (Å²) in [6, 6.07) is 2.26. The van der Waals surface area contributed by atoms with E-state index in [0.29, 0.717) is 6.42 Å². The van der Waals surface area contributed by atoms with Gasteiger partial charge in [-0.05, 0) is 36.0 Å². The number of thiophene rings is 1. The third-order valence-corrected chi connectivity index (χ3v) is 4.10. The molecule has 3 N–H and O–H groups in total. The molecule has 0 aliphatic heterocycles. The van der Waals surface area contributed by atoms with Crippen molar-refractivity contribution in [2.45, 2.75) is 25.9 Å². The van der Waals surface area contributed by atoms with Gasteiger partial charge >= 0.3 is 0 Å². The Hall–Kier alpha value is -0.430. The summed E-state index contributed by atoms with van der Waals surface area (Å²) in [5, 5.41) is 2.06. The van der Waals surface area contributed by atoms with Gasteiger partial charge in [-0.25, -0.2) is 5.84 Å².